The zero-order chi connectivity index (χ0) is 63.6. The van der Waals surface area contributed by atoms with Gasteiger partial charge in [0.05, 0.1) is 22.4 Å². The fourth-order valence-electron chi connectivity index (χ4n) is 16.4. The van der Waals surface area contributed by atoms with Gasteiger partial charge in [-0.3, -0.25) is 0 Å². The minimum atomic E-state index is -3.12. The van der Waals surface area contributed by atoms with E-state index in [9.17, 15) is 0 Å². The molecule has 0 fully saturated rings. The van der Waals surface area contributed by atoms with Crippen molar-refractivity contribution in [2.75, 3.05) is 9.80 Å². The van der Waals surface area contributed by atoms with Crippen LogP contribution in [0.15, 0.2) is 388 Å². The average Bonchev–Trinajstić information content (AvgIpc) is 0.743. The number of fused-ring (bicyclic) bond motifs is 7. The lowest BCUT2D eigenvalue weighted by Crippen LogP contribution is -2.75. The Hall–Kier alpha value is -11.8. The third kappa shape index (κ3) is 9.01. The summed E-state index contributed by atoms with van der Waals surface area (Å²) in [4.78, 5) is 5.31. The topological polar surface area (TPSA) is 11.4 Å². The molecule has 450 valence electrons. The molecular formula is C90H64BN3Si2. The first kappa shape index (κ1) is 56.9. The van der Waals surface area contributed by atoms with Gasteiger partial charge in [0.25, 0.3) is 6.71 Å². The second-order valence-corrected chi connectivity index (χ2v) is 33.0. The van der Waals surface area contributed by atoms with E-state index in [-0.39, 0.29) is 6.71 Å². The minimum Gasteiger partial charge on any atom is -0.311 e. The standard InChI is InChI=1S/C90H64BN3Si2/c1-9-31-65(32-10-1)66-53-55-68(56-54-66)92-86-63-76(95(70-35-13-3-14-36-70,71-37-15-4-16-38-71)72-39-17-5-18-40-72)57-59-81(86)91-82-60-58-77(96(73-41-19-6-20-42-73,74-43-21-7-22-44-74)75-45-23-8-24-46-75)64-87(82)94(83-50-28-25-47-78(83)67-33-11-2-12-34-67)89-62-69(61-88(92)90(89)91)93-84-51-29-26-48-79(84)80-49-27-30-52-85(80)93/h1-64H. The van der Waals surface area contributed by atoms with Crippen molar-refractivity contribution in [2.45, 2.75) is 0 Å². The third-order valence-corrected chi connectivity index (χ3v) is 30.0. The van der Waals surface area contributed by atoms with Gasteiger partial charge in [-0.15, -0.1) is 0 Å². The Labute approximate surface area is 563 Å². The molecule has 2 aliphatic heterocycles. The second kappa shape index (κ2) is 23.6. The van der Waals surface area contributed by atoms with E-state index in [4.69, 9.17) is 0 Å². The molecule has 0 N–H and O–H groups in total. The molecule has 0 bridgehead atoms. The van der Waals surface area contributed by atoms with Gasteiger partial charge in [0.1, 0.15) is 0 Å². The predicted molar refractivity (Wildman–Crippen MR) is 413 cm³/mol. The monoisotopic (exact) mass is 1250 g/mol. The van der Waals surface area contributed by atoms with Crippen LogP contribution in [0.25, 0.3) is 49.7 Å². The van der Waals surface area contributed by atoms with Gasteiger partial charge in [-0.1, -0.05) is 334 Å². The maximum absolute atomic E-state index is 3.12. The highest BCUT2D eigenvalue weighted by Gasteiger charge is 2.49. The molecule has 0 radical (unpaired) electrons. The van der Waals surface area contributed by atoms with E-state index in [2.05, 4.69) is 403 Å². The molecule has 0 saturated carbocycles. The quantitative estimate of drug-likeness (QED) is 0.0842. The summed E-state index contributed by atoms with van der Waals surface area (Å²) in [7, 11) is -6.22. The highest BCUT2D eigenvalue weighted by molar-refractivity contribution is 7.20. The van der Waals surface area contributed by atoms with Gasteiger partial charge in [-0.25, -0.2) is 0 Å². The Morgan fingerprint density at radius 1 is 0.219 bits per heavy atom. The number of anilines is 6. The van der Waals surface area contributed by atoms with E-state index in [1.54, 1.807) is 0 Å². The highest BCUT2D eigenvalue weighted by Crippen LogP contribution is 2.48. The van der Waals surface area contributed by atoms with Crippen LogP contribution in [0.5, 0.6) is 0 Å². The van der Waals surface area contributed by atoms with Crippen LogP contribution < -0.4 is 67.7 Å². The first-order valence-electron chi connectivity index (χ1n) is 33.3. The molecular weight excluding hydrogens is 1190 g/mol. The lowest BCUT2D eigenvalue weighted by Gasteiger charge is -2.46. The van der Waals surface area contributed by atoms with Crippen molar-refractivity contribution >= 4 is 137 Å². The summed E-state index contributed by atoms with van der Waals surface area (Å²) in [6, 6.07) is 147. The number of nitrogens with zero attached hydrogens (tertiary/aromatic N) is 3. The minimum absolute atomic E-state index is 0.210. The van der Waals surface area contributed by atoms with Crippen LogP contribution in [-0.4, -0.2) is 27.4 Å². The van der Waals surface area contributed by atoms with Crippen molar-refractivity contribution in [2.24, 2.45) is 0 Å². The maximum Gasteiger partial charge on any atom is 0.252 e. The Balaban J connectivity index is 1.01. The van der Waals surface area contributed by atoms with Gasteiger partial charge in [-0.05, 0) is 129 Å². The normalized spacial score (nSPS) is 12.5. The van der Waals surface area contributed by atoms with E-state index < -0.39 is 16.1 Å². The van der Waals surface area contributed by atoms with E-state index in [0.717, 1.165) is 62.0 Å². The zero-order valence-corrected chi connectivity index (χ0v) is 54.9. The average molecular weight is 1250 g/mol. The third-order valence-electron chi connectivity index (χ3n) is 20.5. The Bertz CT molecular complexity index is 5280. The van der Waals surface area contributed by atoms with Crippen molar-refractivity contribution in [3.05, 3.63) is 388 Å². The Morgan fingerprint density at radius 3 is 1.00 bits per heavy atom. The van der Waals surface area contributed by atoms with E-state index in [0.29, 0.717) is 0 Å². The first-order valence-corrected chi connectivity index (χ1v) is 37.3. The number of aromatic nitrogens is 1. The molecule has 0 unspecified atom stereocenters. The lowest BCUT2D eigenvalue weighted by molar-refractivity contribution is 1.16. The van der Waals surface area contributed by atoms with Crippen LogP contribution in [0.3, 0.4) is 0 Å². The highest BCUT2D eigenvalue weighted by atomic mass is 28.3. The molecule has 0 spiro atoms. The molecule has 16 aromatic rings. The molecule has 0 aliphatic carbocycles. The molecule has 96 heavy (non-hydrogen) atoms. The lowest BCUT2D eigenvalue weighted by atomic mass is 9.33. The van der Waals surface area contributed by atoms with Crippen LogP contribution in [0.2, 0.25) is 0 Å². The fourth-order valence-corrected chi connectivity index (χ4v) is 25.9. The molecule has 0 amide bonds. The zero-order valence-electron chi connectivity index (χ0n) is 52.9. The van der Waals surface area contributed by atoms with Crippen LogP contribution in [0, 0.1) is 0 Å². The number of rotatable bonds is 13. The van der Waals surface area contributed by atoms with E-state index in [1.165, 1.54) is 79.8 Å². The van der Waals surface area contributed by atoms with Gasteiger partial charge in [-0.2, -0.15) is 0 Å². The maximum atomic E-state index is 2.67. The Kier molecular flexibility index (Phi) is 14.0. The van der Waals surface area contributed by atoms with Crippen LogP contribution >= 0.6 is 0 Å². The van der Waals surface area contributed by atoms with E-state index >= 15 is 0 Å². The fraction of sp³-hybridized carbons (Fsp3) is 0. The van der Waals surface area contributed by atoms with Crippen LogP contribution in [0.4, 0.5) is 34.1 Å². The summed E-state index contributed by atoms with van der Waals surface area (Å²) in [6.45, 7) is -0.210. The van der Waals surface area contributed by atoms with Gasteiger partial charge in [0, 0.05) is 44.8 Å². The summed E-state index contributed by atoms with van der Waals surface area (Å²) in [5.41, 5.74) is 18.6. The van der Waals surface area contributed by atoms with Crippen LogP contribution in [0.1, 0.15) is 0 Å². The molecule has 3 heterocycles. The molecule has 6 heteroatoms. The van der Waals surface area contributed by atoms with Gasteiger partial charge in [0.2, 0.25) is 0 Å². The predicted octanol–water partition coefficient (Wildman–Crippen LogP) is 15.0. The largest absolute Gasteiger partial charge is 0.311 e. The van der Waals surface area contributed by atoms with Crippen molar-refractivity contribution in [3.63, 3.8) is 0 Å². The summed E-state index contributed by atoms with van der Waals surface area (Å²) >= 11 is 0. The van der Waals surface area contributed by atoms with Crippen molar-refractivity contribution in [3.8, 4) is 27.9 Å². The Morgan fingerprint density at radius 2 is 0.562 bits per heavy atom. The van der Waals surface area contributed by atoms with Gasteiger partial charge >= 0.3 is 0 Å². The molecule has 3 nitrogen and oxygen atoms in total. The summed E-state index contributed by atoms with van der Waals surface area (Å²) in [6.07, 6.45) is 0. The molecule has 0 atom stereocenters. The van der Waals surface area contributed by atoms with Crippen molar-refractivity contribution in [1.82, 2.24) is 4.57 Å². The summed E-state index contributed by atoms with van der Waals surface area (Å²) in [5, 5.41) is 13.1. The molecule has 2 aliphatic rings. The van der Waals surface area contributed by atoms with Crippen LogP contribution in [-0.2, 0) is 0 Å². The first-order chi connectivity index (χ1) is 47.7. The number of hydrogen-bond acceptors (Lipinski definition) is 2. The number of benzene rings is 15. The van der Waals surface area contributed by atoms with Crippen molar-refractivity contribution < 1.29 is 0 Å². The van der Waals surface area contributed by atoms with Crippen molar-refractivity contribution in [1.29, 1.82) is 0 Å². The van der Waals surface area contributed by atoms with Gasteiger partial charge in [0.15, 0.2) is 16.1 Å². The summed E-state index contributed by atoms with van der Waals surface area (Å²) < 4.78 is 2.53. The molecule has 1 aromatic heterocycles. The molecule has 18 rings (SSSR count). The molecule has 15 aromatic carbocycles. The van der Waals surface area contributed by atoms with Gasteiger partial charge < -0.3 is 14.4 Å². The van der Waals surface area contributed by atoms with E-state index in [1.807, 2.05) is 0 Å². The number of para-hydroxylation sites is 3. The second-order valence-electron chi connectivity index (χ2n) is 25.4. The SMILES string of the molecule is c1ccc(-c2ccc(N3c4cc([Si](c5ccccc5)(c5ccccc5)c5ccccc5)ccc4B4c5ccc([Si](c6ccccc6)(c6ccccc6)c6ccccc6)cc5N(c5ccccc5-c5ccccc5)c5cc(-n6c7ccccc7c7ccccc76)cc3c54)cc2)cc1. The summed E-state index contributed by atoms with van der Waals surface area (Å²) in [5.74, 6) is 0. The smallest absolute Gasteiger partial charge is 0.252 e. The number of hydrogen-bond donors (Lipinski definition) is 0. The molecule has 0 saturated heterocycles.